The Morgan fingerprint density at radius 1 is 1.17 bits per heavy atom. The first-order valence-corrected chi connectivity index (χ1v) is 7.64. The van der Waals surface area contributed by atoms with E-state index in [0.717, 1.165) is 24.8 Å². The molecule has 0 atom stereocenters. The molecule has 0 radical (unpaired) electrons. The summed E-state index contributed by atoms with van der Waals surface area (Å²) in [4.78, 5) is 0.273. The van der Waals surface area contributed by atoms with E-state index in [-0.39, 0.29) is 4.90 Å². The summed E-state index contributed by atoms with van der Waals surface area (Å²) in [5, 5.41) is 9.00. The first-order chi connectivity index (χ1) is 8.38. The van der Waals surface area contributed by atoms with Gasteiger partial charge in [-0.25, -0.2) is 8.42 Å². The monoisotopic (exact) mass is 263 g/mol. The number of aryl methyl sites for hydroxylation is 2. The fourth-order valence-electron chi connectivity index (χ4n) is 2.23. The third-order valence-electron chi connectivity index (χ3n) is 3.57. The van der Waals surface area contributed by atoms with Gasteiger partial charge in [0.25, 0.3) is 0 Å². The smallest absolute Gasteiger partial charge is 0.196 e. The Morgan fingerprint density at radius 3 is 2.39 bits per heavy atom. The molecule has 0 amide bonds. The number of benzene rings is 1. The van der Waals surface area contributed by atoms with Crippen LogP contribution in [-0.4, -0.2) is 13.2 Å². The van der Waals surface area contributed by atoms with Crippen LogP contribution in [0.1, 0.15) is 37.8 Å². The second-order valence-corrected chi connectivity index (χ2v) is 7.76. The Hall–Kier alpha value is -1.34. The second kappa shape index (κ2) is 4.40. The molecule has 96 valence electrons. The molecule has 0 aliphatic heterocycles. The Labute approximate surface area is 108 Å². The van der Waals surface area contributed by atoms with Crippen LogP contribution in [0, 0.1) is 11.3 Å². The van der Waals surface area contributed by atoms with Gasteiger partial charge in [0.1, 0.15) is 0 Å². The summed E-state index contributed by atoms with van der Waals surface area (Å²) in [7, 11) is -3.58. The van der Waals surface area contributed by atoms with E-state index in [1.54, 1.807) is 12.1 Å². The molecular formula is C14H17NO2S. The lowest BCUT2D eigenvalue weighted by atomic mass is 9.92. The highest BCUT2D eigenvalue weighted by molar-refractivity contribution is 7.93. The number of nitriles is 1. The van der Waals surface area contributed by atoms with E-state index in [2.05, 4.69) is 0 Å². The lowest BCUT2D eigenvalue weighted by Gasteiger charge is -2.20. The van der Waals surface area contributed by atoms with Crippen molar-refractivity contribution in [3.63, 3.8) is 0 Å². The van der Waals surface area contributed by atoms with Gasteiger partial charge >= 0.3 is 0 Å². The maximum absolute atomic E-state index is 12.3. The summed E-state index contributed by atoms with van der Waals surface area (Å²) in [5.74, 6) is 0. The SMILES string of the molecule is CC(C)(C#N)S(=O)(=O)c1ccc2c(c1)CCCC2. The van der Waals surface area contributed by atoms with Crippen LogP contribution in [0.3, 0.4) is 0 Å². The van der Waals surface area contributed by atoms with Crippen LogP contribution in [0.2, 0.25) is 0 Å². The van der Waals surface area contributed by atoms with Crippen LogP contribution in [0.25, 0.3) is 0 Å². The minimum atomic E-state index is -3.58. The molecule has 18 heavy (non-hydrogen) atoms. The summed E-state index contributed by atoms with van der Waals surface area (Å²) in [6, 6.07) is 7.16. The number of nitrogens with zero attached hydrogens (tertiary/aromatic N) is 1. The maximum atomic E-state index is 12.3. The van der Waals surface area contributed by atoms with Gasteiger partial charge in [0.05, 0.1) is 11.0 Å². The number of hydrogen-bond donors (Lipinski definition) is 0. The zero-order valence-corrected chi connectivity index (χ0v) is 11.5. The van der Waals surface area contributed by atoms with Crippen molar-refractivity contribution in [3.8, 4) is 6.07 Å². The van der Waals surface area contributed by atoms with Gasteiger partial charge in [0.15, 0.2) is 14.6 Å². The van der Waals surface area contributed by atoms with Crippen molar-refractivity contribution in [2.45, 2.75) is 49.2 Å². The van der Waals surface area contributed by atoms with Crippen molar-refractivity contribution >= 4 is 9.84 Å². The Balaban J connectivity index is 2.51. The summed E-state index contributed by atoms with van der Waals surface area (Å²) < 4.78 is 23.3. The van der Waals surface area contributed by atoms with Gasteiger partial charge in [-0.05, 0) is 62.8 Å². The summed E-state index contributed by atoms with van der Waals surface area (Å²) in [5.41, 5.74) is 2.37. The van der Waals surface area contributed by atoms with Gasteiger partial charge in [-0.2, -0.15) is 5.26 Å². The van der Waals surface area contributed by atoms with Crippen molar-refractivity contribution in [2.24, 2.45) is 0 Å². The van der Waals surface area contributed by atoms with Gasteiger partial charge in [-0.3, -0.25) is 0 Å². The standard InChI is InChI=1S/C14H17NO2S/c1-14(2,10-15)18(16,17)13-8-7-11-5-3-4-6-12(11)9-13/h7-9H,3-6H2,1-2H3. The van der Waals surface area contributed by atoms with Crippen molar-refractivity contribution in [2.75, 3.05) is 0 Å². The number of fused-ring (bicyclic) bond motifs is 1. The van der Waals surface area contributed by atoms with E-state index in [9.17, 15) is 8.42 Å². The fraction of sp³-hybridized carbons (Fsp3) is 0.500. The fourth-order valence-corrected chi connectivity index (χ4v) is 3.49. The van der Waals surface area contributed by atoms with Crippen LogP contribution in [0.15, 0.2) is 23.1 Å². The van der Waals surface area contributed by atoms with Crippen LogP contribution in [0.4, 0.5) is 0 Å². The number of hydrogen-bond acceptors (Lipinski definition) is 3. The predicted molar refractivity (Wildman–Crippen MR) is 70.0 cm³/mol. The highest BCUT2D eigenvalue weighted by Gasteiger charge is 2.36. The largest absolute Gasteiger partial charge is 0.222 e. The normalized spacial score (nSPS) is 15.8. The van der Waals surface area contributed by atoms with Crippen molar-refractivity contribution < 1.29 is 8.42 Å². The molecule has 0 aromatic heterocycles. The van der Waals surface area contributed by atoms with Crippen LogP contribution in [0.5, 0.6) is 0 Å². The Kier molecular flexibility index (Phi) is 3.20. The average molecular weight is 263 g/mol. The minimum Gasteiger partial charge on any atom is -0.222 e. The van der Waals surface area contributed by atoms with E-state index in [4.69, 9.17) is 5.26 Å². The minimum absolute atomic E-state index is 0.273. The molecule has 0 bridgehead atoms. The molecular weight excluding hydrogens is 246 g/mol. The first-order valence-electron chi connectivity index (χ1n) is 6.16. The quantitative estimate of drug-likeness (QED) is 0.824. The lowest BCUT2D eigenvalue weighted by molar-refractivity contribution is 0.573. The second-order valence-electron chi connectivity index (χ2n) is 5.26. The van der Waals surface area contributed by atoms with Crippen LogP contribution >= 0.6 is 0 Å². The van der Waals surface area contributed by atoms with E-state index in [0.29, 0.717) is 0 Å². The highest BCUT2D eigenvalue weighted by Crippen LogP contribution is 2.29. The molecule has 0 fully saturated rings. The number of sulfone groups is 1. The van der Waals surface area contributed by atoms with E-state index >= 15 is 0 Å². The molecule has 0 saturated carbocycles. The van der Waals surface area contributed by atoms with Gasteiger partial charge in [0, 0.05) is 0 Å². The topological polar surface area (TPSA) is 57.9 Å². The molecule has 0 saturated heterocycles. The van der Waals surface area contributed by atoms with Crippen molar-refractivity contribution in [1.29, 1.82) is 5.26 Å². The van der Waals surface area contributed by atoms with Crippen LogP contribution in [-0.2, 0) is 22.7 Å². The molecule has 0 unspecified atom stereocenters. The van der Waals surface area contributed by atoms with Gasteiger partial charge in [-0.1, -0.05) is 6.07 Å². The van der Waals surface area contributed by atoms with Crippen LogP contribution < -0.4 is 0 Å². The highest BCUT2D eigenvalue weighted by atomic mass is 32.2. The molecule has 4 heteroatoms. The van der Waals surface area contributed by atoms with Gasteiger partial charge in [-0.15, -0.1) is 0 Å². The predicted octanol–water partition coefficient (Wildman–Crippen LogP) is 2.64. The zero-order valence-electron chi connectivity index (χ0n) is 10.7. The third-order valence-corrected chi connectivity index (χ3v) is 5.88. The van der Waals surface area contributed by atoms with E-state index < -0.39 is 14.6 Å². The van der Waals surface area contributed by atoms with E-state index in [1.807, 2.05) is 12.1 Å². The average Bonchev–Trinajstić information content (AvgIpc) is 2.37. The van der Waals surface area contributed by atoms with E-state index in [1.165, 1.54) is 25.8 Å². The molecule has 1 aromatic rings. The molecule has 0 heterocycles. The zero-order chi connectivity index (χ0) is 13.4. The summed E-state index contributed by atoms with van der Waals surface area (Å²) in [6.07, 6.45) is 4.24. The molecule has 2 rings (SSSR count). The maximum Gasteiger partial charge on any atom is 0.196 e. The molecule has 1 aromatic carbocycles. The Morgan fingerprint density at radius 2 is 1.78 bits per heavy atom. The lowest BCUT2D eigenvalue weighted by Crippen LogP contribution is -2.30. The number of rotatable bonds is 2. The molecule has 3 nitrogen and oxygen atoms in total. The molecule has 1 aliphatic rings. The Bertz CT molecular complexity index is 609. The molecule has 0 spiro atoms. The van der Waals surface area contributed by atoms with Crippen molar-refractivity contribution in [3.05, 3.63) is 29.3 Å². The third kappa shape index (κ3) is 2.04. The summed E-state index contributed by atoms with van der Waals surface area (Å²) in [6.45, 7) is 2.89. The van der Waals surface area contributed by atoms with Gasteiger partial charge < -0.3 is 0 Å². The molecule has 1 aliphatic carbocycles. The summed E-state index contributed by atoms with van der Waals surface area (Å²) >= 11 is 0. The first kappa shape index (κ1) is 13.1. The van der Waals surface area contributed by atoms with Crippen molar-refractivity contribution in [1.82, 2.24) is 0 Å². The molecule has 0 N–H and O–H groups in total. The van der Waals surface area contributed by atoms with Gasteiger partial charge in [0.2, 0.25) is 0 Å².